The molecule has 0 aliphatic heterocycles. The fourth-order valence-electron chi connectivity index (χ4n) is 3.94. The van der Waals surface area contributed by atoms with E-state index in [9.17, 15) is 23.1 Å². The van der Waals surface area contributed by atoms with Gasteiger partial charge in [0.25, 0.3) is 15.9 Å². The molecule has 1 amide bonds. The second-order valence-electron chi connectivity index (χ2n) is 8.94. The molecule has 1 atom stereocenters. The predicted molar refractivity (Wildman–Crippen MR) is 157 cm³/mol. The number of hydrogen-bond acceptors (Lipinski definition) is 8. The average molecular weight is 599 g/mol. The van der Waals surface area contributed by atoms with Crippen LogP contribution in [-0.2, 0) is 25.3 Å². The van der Waals surface area contributed by atoms with E-state index in [1.165, 1.54) is 50.3 Å². The first-order valence-electron chi connectivity index (χ1n) is 12.5. The number of aromatic nitrogens is 2. The number of amides is 1. The molecule has 0 bridgehead atoms. The van der Waals surface area contributed by atoms with Gasteiger partial charge in [-0.2, -0.15) is 20.2 Å². The summed E-state index contributed by atoms with van der Waals surface area (Å²) in [5, 5.41) is 12.6. The van der Waals surface area contributed by atoms with Crippen molar-refractivity contribution in [3.8, 4) is 5.75 Å². The molecule has 11 nitrogen and oxygen atoms in total. The summed E-state index contributed by atoms with van der Waals surface area (Å²) in [5.41, 5.74) is 1.68. The Balaban J connectivity index is 1.61. The van der Waals surface area contributed by atoms with Gasteiger partial charge in [0.2, 0.25) is 0 Å². The fraction of sp³-hybridized carbons (Fsp3) is 0.250. The zero-order chi connectivity index (χ0) is 29.4. The number of H-pyrrole nitrogens is 1. The summed E-state index contributed by atoms with van der Waals surface area (Å²) >= 11 is 1.39. The Hall–Kier alpha value is -4.07. The number of nitrogens with zero attached hydrogens (tertiary/aromatic N) is 2. The van der Waals surface area contributed by atoms with Crippen molar-refractivity contribution < 1.29 is 32.6 Å². The number of ether oxygens (including phenoxy) is 2. The van der Waals surface area contributed by atoms with E-state index in [-0.39, 0.29) is 28.8 Å². The molecule has 41 heavy (non-hydrogen) atoms. The minimum atomic E-state index is -4.06. The molecule has 4 rings (SSSR count). The van der Waals surface area contributed by atoms with Crippen LogP contribution in [-0.4, -0.2) is 74.5 Å². The highest BCUT2D eigenvalue weighted by Gasteiger charge is 2.27. The summed E-state index contributed by atoms with van der Waals surface area (Å²) in [7, 11) is -1.15. The highest BCUT2D eigenvalue weighted by atomic mass is 32.2. The van der Waals surface area contributed by atoms with Gasteiger partial charge in [-0.05, 0) is 29.8 Å². The lowest BCUT2D eigenvalue weighted by Crippen LogP contribution is -2.42. The second kappa shape index (κ2) is 13.5. The maximum Gasteiger partial charge on any atom is 0.327 e. The van der Waals surface area contributed by atoms with Crippen LogP contribution in [0.4, 0.5) is 5.69 Å². The number of methoxy groups -OCH3 is 1. The molecule has 0 saturated carbocycles. The van der Waals surface area contributed by atoms with E-state index in [1.807, 2.05) is 30.3 Å². The third-order valence-corrected chi connectivity index (χ3v) is 8.88. The van der Waals surface area contributed by atoms with Gasteiger partial charge in [-0.3, -0.25) is 9.10 Å². The van der Waals surface area contributed by atoms with Crippen LogP contribution in [0.1, 0.15) is 16.1 Å². The summed E-state index contributed by atoms with van der Waals surface area (Å²) < 4.78 is 38.6. The third-order valence-electron chi connectivity index (χ3n) is 6.08. The third kappa shape index (κ3) is 7.37. The molecule has 3 N–H and O–H groups in total. The monoisotopic (exact) mass is 598 g/mol. The molecule has 0 aliphatic carbocycles. The molecular formula is C28H30N4O7S2. The highest BCUT2D eigenvalue weighted by Crippen LogP contribution is 2.34. The van der Waals surface area contributed by atoms with Gasteiger partial charge in [-0.1, -0.05) is 36.4 Å². The molecule has 0 unspecified atom stereocenters. The molecule has 0 saturated heterocycles. The molecule has 4 aromatic rings. The Labute approximate surface area is 241 Å². The Kier molecular flexibility index (Phi) is 9.86. The van der Waals surface area contributed by atoms with E-state index in [1.54, 1.807) is 18.2 Å². The van der Waals surface area contributed by atoms with Crippen molar-refractivity contribution in [1.29, 1.82) is 0 Å². The first-order chi connectivity index (χ1) is 19.7. The number of hydrogen-bond donors (Lipinski definition) is 3. The number of carboxylic acids is 1. The van der Waals surface area contributed by atoms with Gasteiger partial charge in [0.1, 0.15) is 24.1 Å². The quantitative estimate of drug-likeness (QED) is 0.185. The minimum absolute atomic E-state index is 0.0678. The number of aromatic amines is 1. The number of nitrogens with one attached hydrogen (secondary N) is 2. The van der Waals surface area contributed by atoms with Crippen molar-refractivity contribution in [2.24, 2.45) is 0 Å². The number of carboxylic acid groups (broad SMARTS) is 1. The normalized spacial score (nSPS) is 12.1. The number of carbonyl (C=O) groups is 2. The van der Waals surface area contributed by atoms with E-state index in [0.717, 1.165) is 9.87 Å². The van der Waals surface area contributed by atoms with Crippen molar-refractivity contribution in [2.75, 3.05) is 37.4 Å². The van der Waals surface area contributed by atoms with E-state index in [2.05, 4.69) is 15.3 Å². The summed E-state index contributed by atoms with van der Waals surface area (Å²) in [6, 6.07) is 17.8. The van der Waals surface area contributed by atoms with Crippen LogP contribution in [0.15, 0.2) is 78.0 Å². The number of anilines is 1. The van der Waals surface area contributed by atoms with Crippen LogP contribution < -0.4 is 14.4 Å². The van der Waals surface area contributed by atoms with Crippen LogP contribution in [0.25, 0.3) is 10.9 Å². The Morgan fingerprint density at radius 2 is 1.85 bits per heavy atom. The smallest absolute Gasteiger partial charge is 0.327 e. The zero-order valence-corrected chi connectivity index (χ0v) is 24.1. The highest BCUT2D eigenvalue weighted by molar-refractivity contribution is 7.98. The Bertz CT molecular complexity index is 1600. The van der Waals surface area contributed by atoms with Crippen molar-refractivity contribution in [3.63, 3.8) is 0 Å². The average Bonchev–Trinajstić information content (AvgIpc) is 3.41. The molecule has 216 valence electrons. The largest absolute Gasteiger partial charge is 0.491 e. The first-order valence-corrected chi connectivity index (χ1v) is 15.1. The predicted octanol–water partition coefficient (Wildman–Crippen LogP) is 3.53. The van der Waals surface area contributed by atoms with E-state index in [0.29, 0.717) is 29.0 Å². The van der Waals surface area contributed by atoms with E-state index >= 15 is 0 Å². The first kappa shape index (κ1) is 29.9. The molecule has 0 spiro atoms. The molecular weight excluding hydrogens is 568 g/mol. The van der Waals surface area contributed by atoms with Crippen LogP contribution in [0, 0.1) is 0 Å². The minimum Gasteiger partial charge on any atom is -0.491 e. The fourth-order valence-corrected chi connectivity index (χ4v) is 6.08. The molecule has 13 heteroatoms. The summed E-state index contributed by atoms with van der Waals surface area (Å²) in [6.45, 7) is 0.534. The van der Waals surface area contributed by atoms with Crippen LogP contribution in [0.2, 0.25) is 0 Å². The van der Waals surface area contributed by atoms with Crippen molar-refractivity contribution in [1.82, 2.24) is 15.3 Å². The number of benzene rings is 2. The van der Waals surface area contributed by atoms with Gasteiger partial charge in [0.05, 0.1) is 17.8 Å². The number of sulfonamides is 1. The summed E-state index contributed by atoms with van der Waals surface area (Å²) in [6.07, 6.45) is 1.38. The molecule has 2 aromatic heterocycles. The number of pyridine rings is 1. The second-order valence-corrected chi connectivity index (χ2v) is 11.9. The van der Waals surface area contributed by atoms with Crippen LogP contribution in [0.3, 0.4) is 0 Å². The SMILES string of the molecule is COCCOc1cc(N(C)S(=O)(=O)c2ccccn2)c2[nH]c(C(=O)N[C@@H](CSCc3ccccc3)C(=O)O)cc2c1. The van der Waals surface area contributed by atoms with Gasteiger partial charge in [-0.15, -0.1) is 0 Å². The van der Waals surface area contributed by atoms with Gasteiger partial charge in [0, 0.05) is 43.3 Å². The molecule has 0 aliphatic rings. The topological polar surface area (TPSA) is 151 Å². The number of thioether (sulfide) groups is 1. The van der Waals surface area contributed by atoms with Crippen LogP contribution in [0.5, 0.6) is 5.75 Å². The maximum absolute atomic E-state index is 13.4. The maximum atomic E-state index is 13.4. The zero-order valence-electron chi connectivity index (χ0n) is 22.4. The standard InChI is InChI=1S/C28H30N4O7S2/c1-32(41(36,37)25-10-6-7-11-29-25)24-16-21(39-13-12-38-2)14-20-15-22(30-26(20)24)27(33)31-23(28(34)35)18-40-17-19-8-4-3-5-9-19/h3-11,14-16,23,30H,12-13,17-18H2,1-2H3,(H,31,33)(H,34,35)/t23-/m0/s1. The number of fused-ring (bicyclic) bond motifs is 1. The van der Waals surface area contributed by atoms with Crippen molar-refractivity contribution in [3.05, 3.63) is 84.2 Å². The molecule has 0 radical (unpaired) electrons. The summed E-state index contributed by atoms with van der Waals surface area (Å²) in [4.78, 5) is 32.0. The molecule has 2 heterocycles. The number of aliphatic carboxylic acids is 1. The summed E-state index contributed by atoms with van der Waals surface area (Å²) in [5.74, 6) is -0.689. The lowest BCUT2D eigenvalue weighted by atomic mass is 10.2. The Morgan fingerprint density at radius 1 is 1.10 bits per heavy atom. The number of carbonyl (C=O) groups excluding carboxylic acids is 1. The lowest BCUT2D eigenvalue weighted by Gasteiger charge is -2.20. The van der Waals surface area contributed by atoms with Gasteiger partial charge < -0.3 is 24.9 Å². The van der Waals surface area contributed by atoms with Gasteiger partial charge in [0.15, 0.2) is 5.03 Å². The Morgan fingerprint density at radius 3 is 2.54 bits per heavy atom. The van der Waals surface area contributed by atoms with Crippen molar-refractivity contribution in [2.45, 2.75) is 16.8 Å². The van der Waals surface area contributed by atoms with Gasteiger partial charge in [-0.25, -0.2) is 9.78 Å². The van der Waals surface area contributed by atoms with E-state index in [4.69, 9.17) is 9.47 Å². The van der Waals surface area contributed by atoms with Crippen molar-refractivity contribution >= 4 is 50.3 Å². The lowest BCUT2D eigenvalue weighted by molar-refractivity contribution is -0.138. The molecule has 2 aromatic carbocycles. The van der Waals surface area contributed by atoms with Gasteiger partial charge >= 0.3 is 5.97 Å². The number of rotatable bonds is 14. The van der Waals surface area contributed by atoms with Crippen LogP contribution >= 0.6 is 11.8 Å². The molecule has 0 fully saturated rings. The van der Waals surface area contributed by atoms with E-state index < -0.39 is 27.9 Å².